The number of benzene rings is 3. The van der Waals surface area contributed by atoms with Gasteiger partial charge in [-0.25, -0.2) is 0 Å². The van der Waals surface area contributed by atoms with Crippen LogP contribution in [0, 0.1) is 0 Å². The first kappa shape index (κ1) is 18.0. The number of fused-ring (bicyclic) bond motifs is 1. The maximum atomic E-state index is 12.6. The molecular formula is C20H18ClNO4. The Kier molecular flexibility index (Phi) is 5.61. The number of carbonyl (C=O) groups is 1. The number of phenols is 1. The predicted molar refractivity (Wildman–Crippen MR) is 102 cm³/mol. The zero-order valence-electron chi connectivity index (χ0n) is 13.9. The van der Waals surface area contributed by atoms with Crippen LogP contribution in [0.25, 0.3) is 10.8 Å². The second kappa shape index (κ2) is 8.08. The van der Waals surface area contributed by atoms with E-state index in [9.17, 15) is 9.90 Å². The van der Waals surface area contributed by atoms with Gasteiger partial charge in [0.05, 0.1) is 17.9 Å². The molecule has 0 aliphatic rings. The maximum absolute atomic E-state index is 12.6. The van der Waals surface area contributed by atoms with Crippen LogP contribution in [-0.4, -0.2) is 29.3 Å². The van der Waals surface area contributed by atoms with Gasteiger partial charge in [0.15, 0.2) is 0 Å². The van der Waals surface area contributed by atoms with Gasteiger partial charge < -0.3 is 20.3 Å². The standard InChI is InChI=1S/C20H18ClNO4/c21-15-6-7-17(19(12-15)26-9-3-8-23)22-20(25)16-10-13-4-1-2-5-14(13)11-18(16)24/h1-2,4-7,10-12,23-24H,3,8-9H2,(H,22,25). The first-order chi connectivity index (χ1) is 12.6. The molecule has 3 aromatic carbocycles. The highest BCUT2D eigenvalue weighted by molar-refractivity contribution is 6.30. The Bertz CT molecular complexity index is 942. The molecule has 0 fully saturated rings. The van der Waals surface area contributed by atoms with Crippen molar-refractivity contribution in [2.75, 3.05) is 18.5 Å². The van der Waals surface area contributed by atoms with Gasteiger partial charge in [-0.3, -0.25) is 4.79 Å². The molecule has 0 unspecified atom stereocenters. The van der Waals surface area contributed by atoms with Crippen molar-refractivity contribution in [3.05, 3.63) is 65.2 Å². The lowest BCUT2D eigenvalue weighted by molar-refractivity contribution is 0.102. The Balaban J connectivity index is 1.87. The van der Waals surface area contributed by atoms with Crippen molar-refractivity contribution < 1.29 is 19.7 Å². The van der Waals surface area contributed by atoms with E-state index in [0.29, 0.717) is 29.5 Å². The van der Waals surface area contributed by atoms with E-state index < -0.39 is 5.91 Å². The lowest BCUT2D eigenvalue weighted by Gasteiger charge is -2.13. The fourth-order valence-electron chi connectivity index (χ4n) is 2.57. The third-order valence-corrected chi connectivity index (χ3v) is 4.10. The summed E-state index contributed by atoms with van der Waals surface area (Å²) in [4.78, 5) is 12.6. The summed E-state index contributed by atoms with van der Waals surface area (Å²) < 4.78 is 5.57. The van der Waals surface area contributed by atoms with E-state index in [1.807, 2.05) is 24.3 Å². The highest BCUT2D eigenvalue weighted by Gasteiger charge is 2.15. The number of phenolic OH excluding ortho intramolecular Hbond substituents is 1. The number of halogens is 1. The number of amides is 1. The van der Waals surface area contributed by atoms with Crippen LogP contribution in [0.3, 0.4) is 0 Å². The minimum absolute atomic E-state index is 0.00716. The number of ether oxygens (including phenoxy) is 1. The molecule has 0 saturated heterocycles. The molecule has 0 heterocycles. The summed E-state index contributed by atoms with van der Waals surface area (Å²) in [6.07, 6.45) is 0.464. The van der Waals surface area contributed by atoms with Crippen molar-refractivity contribution in [2.45, 2.75) is 6.42 Å². The number of aromatic hydroxyl groups is 1. The van der Waals surface area contributed by atoms with Gasteiger partial charge in [-0.1, -0.05) is 35.9 Å². The fourth-order valence-corrected chi connectivity index (χ4v) is 2.73. The molecule has 134 valence electrons. The molecular weight excluding hydrogens is 354 g/mol. The van der Waals surface area contributed by atoms with Crippen LogP contribution in [-0.2, 0) is 0 Å². The van der Waals surface area contributed by atoms with Crippen molar-refractivity contribution in [2.24, 2.45) is 0 Å². The summed E-state index contributed by atoms with van der Waals surface area (Å²) in [7, 11) is 0. The van der Waals surface area contributed by atoms with E-state index in [1.165, 1.54) is 0 Å². The summed E-state index contributed by atoms with van der Waals surface area (Å²) in [5, 5.41) is 24.0. The molecule has 3 rings (SSSR count). The lowest BCUT2D eigenvalue weighted by atomic mass is 10.1. The van der Waals surface area contributed by atoms with Crippen molar-refractivity contribution in [3.8, 4) is 11.5 Å². The fraction of sp³-hybridized carbons (Fsp3) is 0.150. The highest BCUT2D eigenvalue weighted by atomic mass is 35.5. The molecule has 3 aromatic rings. The van der Waals surface area contributed by atoms with Gasteiger partial charge in [-0.05, 0) is 35.0 Å². The Morgan fingerprint density at radius 2 is 1.81 bits per heavy atom. The normalized spacial score (nSPS) is 10.7. The quantitative estimate of drug-likeness (QED) is 0.567. The van der Waals surface area contributed by atoms with Crippen molar-refractivity contribution in [3.63, 3.8) is 0 Å². The van der Waals surface area contributed by atoms with E-state index in [2.05, 4.69) is 5.32 Å². The Morgan fingerprint density at radius 3 is 2.54 bits per heavy atom. The SMILES string of the molecule is O=C(Nc1ccc(Cl)cc1OCCCO)c1cc2ccccc2cc1O. The van der Waals surface area contributed by atoms with Crippen molar-refractivity contribution in [1.29, 1.82) is 0 Å². The van der Waals surface area contributed by atoms with Gasteiger partial charge in [0.1, 0.15) is 11.5 Å². The number of hydrogen-bond donors (Lipinski definition) is 3. The number of aliphatic hydroxyl groups is 1. The van der Waals surface area contributed by atoms with Gasteiger partial charge in [0, 0.05) is 24.1 Å². The zero-order valence-corrected chi connectivity index (χ0v) is 14.7. The average Bonchev–Trinajstić information content (AvgIpc) is 2.63. The zero-order chi connectivity index (χ0) is 18.5. The van der Waals surface area contributed by atoms with Gasteiger partial charge in [0.25, 0.3) is 5.91 Å². The lowest BCUT2D eigenvalue weighted by Crippen LogP contribution is -2.13. The van der Waals surface area contributed by atoms with Crippen LogP contribution in [0.1, 0.15) is 16.8 Å². The highest BCUT2D eigenvalue weighted by Crippen LogP contribution is 2.30. The number of nitrogens with one attached hydrogen (secondary N) is 1. The Morgan fingerprint density at radius 1 is 1.08 bits per heavy atom. The minimum Gasteiger partial charge on any atom is -0.507 e. The average molecular weight is 372 g/mol. The van der Waals surface area contributed by atoms with Crippen molar-refractivity contribution in [1.82, 2.24) is 0 Å². The summed E-state index contributed by atoms with van der Waals surface area (Å²) >= 11 is 5.99. The first-order valence-electron chi connectivity index (χ1n) is 8.15. The molecule has 6 heteroatoms. The third kappa shape index (κ3) is 4.07. The van der Waals surface area contributed by atoms with Crippen LogP contribution in [0.2, 0.25) is 5.02 Å². The van der Waals surface area contributed by atoms with Crippen LogP contribution in [0.4, 0.5) is 5.69 Å². The number of hydrogen-bond acceptors (Lipinski definition) is 4. The minimum atomic E-state index is -0.456. The number of rotatable bonds is 6. The molecule has 0 radical (unpaired) electrons. The second-order valence-corrected chi connectivity index (χ2v) is 6.17. The maximum Gasteiger partial charge on any atom is 0.259 e. The Labute approximate surface area is 155 Å². The summed E-state index contributed by atoms with van der Waals surface area (Å²) in [5.74, 6) is -0.153. The molecule has 0 saturated carbocycles. The van der Waals surface area contributed by atoms with Crippen LogP contribution in [0.5, 0.6) is 11.5 Å². The van der Waals surface area contributed by atoms with Crippen LogP contribution < -0.4 is 10.1 Å². The first-order valence-corrected chi connectivity index (χ1v) is 8.52. The van der Waals surface area contributed by atoms with Crippen LogP contribution in [0.15, 0.2) is 54.6 Å². The van der Waals surface area contributed by atoms with E-state index >= 15 is 0 Å². The van der Waals surface area contributed by atoms with Gasteiger partial charge in [-0.2, -0.15) is 0 Å². The molecule has 5 nitrogen and oxygen atoms in total. The summed E-state index contributed by atoms with van der Waals surface area (Å²) in [6, 6.07) is 15.5. The van der Waals surface area contributed by atoms with Gasteiger partial charge in [-0.15, -0.1) is 0 Å². The molecule has 3 N–H and O–H groups in total. The smallest absolute Gasteiger partial charge is 0.259 e. The second-order valence-electron chi connectivity index (χ2n) is 5.74. The van der Waals surface area contributed by atoms with Gasteiger partial charge >= 0.3 is 0 Å². The monoisotopic (exact) mass is 371 g/mol. The van der Waals surface area contributed by atoms with E-state index in [4.69, 9.17) is 21.4 Å². The number of anilines is 1. The topological polar surface area (TPSA) is 78.8 Å². The molecule has 26 heavy (non-hydrogen) atoms. The van der Waals surface area contributed by atoms with Gasteiger partial charge in [0.2, 0.25) is 0 Å². The molecule has 0 aliphatic carbocycles. The molecule has 0 spiro atoms. The largest absolute Gasteiger partial charge is 0.507 e. The summed E-state index contributed by atoms with van der Waals surface area (Å²) in [6.45, 7) is 0.300. The summed E-state index contributed by atoms with van der Waals surface area (Å²) in [5.41, 5.74) is 0.602. The molecule has 0 aliphatic heterocycles. The number of carbonyl (C=O) groups excluding carboxylic acids is 1. The molecule has 0 aromatic heterocycles. The number of aliphatic hydroxyl groups excluding tert-OH is 1. The Hall–Kier alpha value is -2.76. The molecule has 1 amide bonds. The van der Waals surface area contributed by atoms with E-state index in [0.717, 1.165) is 10.8 Å². The van der Waals surface area contributed by atoms with Crippen molar-refractivity contribution >= 4 is 34.0 Å². The molecule has 0 atom stereocenters. The predicted octanol–water partition coefficient (Wildman–Crippen LogP) is 4.21. The third-order valence-electron chi connectivity index (χ3n) is 3.86. The van der Waals surface area contributed by atoms with E-state index in [-0.39, 0.29) is 17.9 Å². The molecule has 0 bridgehead atoms. The van der Waals surface area contributed by atoms with E-state index in [1.54, 1.807) is 30.3 Å². The van der Waals surface area contributed by atoms with Crippen LogP contribution >= 0.6 is 11.6 Å².